The maximum Gasteiger partial charge on any atom is 0.135 e. The predicted molar refractivity (Wildman–Crippen MR) is 86.9 cm³/mol. The van der Waals surface area contributed by atoms with Crippen molar-refractivity contribution in [3.63, 3.8) is 0 Å². The molecule has 0 N–H and O–H groups in total. The van der Waals surface area contributed by atoms with Crippen molar-refractivity contribution in [2.75, 3.05) is 33.2 Å². The summed E-state index contributed by atoms with van der Waals surface area (Å²) in [5.41, 5.74) is 0.733. The molecule has 6 heteroatoms. The second kappa shape index (κ2) is 5.94. The van der Waals surface area contributed by atoms with Crippen molar-refractivity contribution >= 4 is 0 Å². The number of fused-ring (bicyclic) bond motifs is 2. The van der Waals surface area contributed by atoms with Crippen LogP contribution in [-0.2, 0) is 0 Å². The molecule has 1 unspecified atom stereocenters. The van der Waals surface area contributed by atoms with Crippen molar-refractivity contribution in [1.29, 1.82) is 0 Å². The molecule has 1 atom stereocenters. The number of nitrogens with zero attached hydrogens (tertiary/aromatic N) is 4. The normalized spacial score (nSPS) is 23.7. The van der Waals surface area contributed by atoms with Gasteiger partial charge in [-0.05, 0) is 31.3 Å². The number of allylic oxidation sites excluding steroid dienone is 2. The second-order valence-electron chi connectivity index (χ2n) is 6.28. The van der Waals surface area contributed by atoms with Gasteiger partial charge in [-0.1, -0.05) is 6.08 Å². The van der Waals surface area contributed by atoms with E-state index in [4.69, 9.17) is 0 Å². The van der Waals surface area contributed by atoms with E-state index in [9.17, 15) is 8.78 Å². The van der Waals surface area contributed by atoms with Crippen LogP contribution in [0.25, 0.3) is 0 Å². The third-order valence-corrected chi connectivity index (χ3v) is 4.55. The lowest BCUT2D eigenvalue weighted by molar-refractivity contribution is 0.183. The zero-order chi connectivity index (χ0) is 16.7. The molecular weight excluding hydrogens is 310 g/mol. The Morgan fingerprint density at radius 2 is 1.88 bits per heavy atom. The van der Waals surface area contributed by atoms with E-state index in [2.05, 4.69) is 26.8 Å². The summed E-state index contributed by atoms with van der Waals surface area (Å²) >= 11 is 0. The largest absolute Gasteiger partial charge is 0.354 e. The highest BCUT2D eigenvalue weighted by atomic mass is 19.1. The minimum absolute atomic E-state index is 0.297. The molecule has 24 heavy (non-hydrogen) atoms. The topological polar surface area (TPSA) is 31.2 Å². The molecule has 0 radical (unpaired) electrons. The molecule has 2 aliphatic heterocycles. The number of likely N-dealkylation sites (N-methyl/N-ethyl adjacent to an activating group) is 1. The van der Waals surface area contributed by atoms with E-state index in [1.165, 1.54) is 24.3 Å². The second-order valence-corrected chi connectivity index (χ2v) is 6.28. The Hall–Kier alpha value is -2.34. The van der Waals surface area contributed by atoms with Crippen LogP contribution in [0.5, 0.6) is 0 Å². The third-order valence-electron chi connectivity index (χ3n) is 4.55. The first-order valence-corrected chi connectivity index (χ1v) is 8.05. The van der Waals surface area contributed by atoms with Gasteiger partial charge in [0.2, 0.25) is 0 Å². The molecular formula is C18H18F2N4. The molecule has 2 heterocycles. The summed E-state index contributed by atoms with van der Waals surface area (Å²) in [6.45, 7) is 3.42. The minimum Gasteiger partial charge on any atom is -0.354 e. The Labute approximate surface area is 138 Å². The van der Waals surface area contributed by atoms with Gasteiger partial charge in [-0.2, -0.15) is 0 Å². The highest BCUT2D eigenvalue weighted by Crippen LogP contribution is 2.26. The smallest absolute Gasteiger partial charge is 0.135 e. The highest BCUT2D eigenvalue weighted by Gasteiger charge is 2.25. The van der Waals surface area contributed by atoms with Crippen molar-refractivity contribution in [2.45, 2.75) is 6.04 Å². The van der Waals surface area contributed by atoms with Crippen molar-refractivity contribution in [1.82, 2.24) is 9.80 Å². The molecule has 0 amide bonds. The van der Waals surface area contributed by atoms with Crippen molar-refractivity contribution in [3.05, 3.63) is 70.2 Å². The van der Waals surface area contributed by atoms with Crippen LogP contribution in [0.4, 0.5) is 8.78 Å². The number of piperazine rings is 1. The van der Waals surface area contributed by atoms with Gasteiger partial charge in [0.15, 0.2) is 0 Å². The van der Waals surface area contributed by atoms with Gasteiger partial charge >= 0.3 is 0 Å². The molecule has 124 valence electrons. The van der Waals surface area contributed by atoms with E-state index < -0.39 is 0 Å². The summed E-state index contributed by atoms with van der Waals surface area (Å²) in [6.07, 6.45) is 4.65. The SMILES string of the molecule is CN1CCN(C2=C3C=C(F)C=CC3N=c3ccc(F)cc3=N2)CC1. The van der Waals surface area contributed by atoms with Crippen LogP contribution in [0.1, 0.15) is 0 Å². The van der Waals surface area contributed by atoms with E-state index in [0.29, 0.717) is 16.5 Å². The van der Waals surface area contributed by atoms with Gasteiger partial charge in [-0.25, -0.2) is 13.8 Å². The summed E-state index contributed by atoms with van der Waals surface area (Å²) in [5, 5.41) is 1.12. The lowest BCUT2D eigenvalue weighted by Crippen LogP contribution is -2.44. The Kier molecular flexibility index (Phi) is 3.76. The summed E-state index contributed by atoms with van der Waals surface area (Å²) in [5.74, 6) is 0.0358. The fraction of sp³-hybridized carbons (Fsp3) is 0.333. The first kappa shape index (κ1) is 15.2. The van der Waals surface area contributed by atoms with Crippen LogP contribution >= 0.6 is 0 Å². The minimum atomic E-state index is -0.349. The van der Waals surface area contributed by atoms with Crippen LogP contribution in [0.3, 0.4) is 0 Å². The molecule has 1 aromatic carbocycles. The first-order chi connectivity index (χ1) is 11.6. The molecule has 3 aliphatic rings. The molecule has 4 rings (SSSR count). The van der Waals surface area contributed by atoms with Crippen LogP contribution < -0.4 is 10.7 Å². The Bertz CT molecular complexity index is 877. The maximum absolute atomic E-state index is 13.9. The average molecular weight is 328 g/mol. The summed E-state index contributed by atoms with van der Waals surface area (Å²) < 4.78 is 27.5. The van der Waals surface area contributed by atoms with Crippen LogP contribution in [-0.4, -0.2) is 49.1 Å². The van der Waals surface area contributed by atoms with Crippen LogP contribution in [0.2, 0.25) is 0 Å². The molecule has 0 spiro atoms. The van der Waals surface area contributed by atoms with Crippen molar-refractivity contribution in [2.24, 2.45) is 9.98 Å². The number of halogens is 2. The maximum atomic E-state index is 13.9. The Balaban J connectivity index is 1.89. The van der Waals surface area contributed by atoms with Gasteiger partial charge in [0.25, 0.3) is 0 Å². The molecule has 4 nitrogen and oxygen atoms in total. The monoisotopic (exact) mass is 328 g/mol. The molecule has 0 bridgehead atoms. The molecule has 0 aromatic heterocycles. The summed E-state index contributed by atoms with van der Waals surface area (Å²) in [7, 11) is 2.07. The number of hydrogen-bond acceptors (Lipinski definition) is 4. The zero-order valence-corrected chi connectivity index (χ0v) is 13.4. The van der Waals surface area contributed by atoms with E-state index in [-0.39, 0.29) is 17.7 Å². The number of rotatable bonds is 1. The molecule has 0 saturated carbocycles. The van der Waals surface area contributed by atoms with Gasteiger partial charge in [-0.15, -0.1) is 0 Å². The lowest BCUT2D eigenvalue weighted by Gasteiger charge is -2.35. The molecule has 1 fully saturated rings. The van der Waals surface area contributed by atoms with E-state index in [1.54, 1.807) is 12.1 Å². The summed E-state index contributed by atoms with van der Waals surface area (Å²) in [6, 6.07) is 4.09. The van der Waals surface area contributed by atoms with Crippen molar-refractivity contribution < 1.29 is 8.78 Å². The average Bonchev–Trinajstić information content (AvgIpc) is 2.72. The van der Waals surface area contributed by atoms with Crippen molar-refractivity contribution in [3.8, 4) is 0 Å². The predicted octanol–water partition coefficient (Wildman–Crippen LogP) is 1.33. The van der Waals surface area contributed by atoms with E-state index in [1.807, 2.05) is 0 Å². The van der Waals surface area contributed by atoms with E-state index >= 15 is 0 Å². The Morgan fingerprint density at radius 1 is 1.08 bits per heavy atom. The zero-order valence-electron chi connectivity index (χ0n) is 13.4. The van der Waals surface area contributed by atoms with E-state index in [0.717, 1.165) is 31.8 Å². The van der Waals surface area contributed by atoms with Gasteiger partial charge in [0, 0.05) is 37.8 Å². The Morgan fingerprint density at radius 3 is 2.67 bits per heavy atom. The first-order valence-electron chi connectivity index (χ1n) is 8.05. The molecule has 1 saturated heterocycles. The van der Waals surface area contributed by atoms with Gasteiger partial charge in [0.05, 0.1) is 16.8 Å². The van der Waals surface area contributed by atoms with Gasteiger partial charge in [0.1, 0.15) is 17.5 Å². The summed E-state index contributed by atoms with van der Waals surface area (Å²) in [4.78, 5) is 13.7. The fourth-order valence-electron chi connectivity index (χ4n) is 3.17. The van der Waals surface area contributed by atoms with Gasteiger partial charge in [-0.3, -0.25) is 4.99 Å². The van der Waals surface area contributed by atoms with Crippen LogP contribution in [0.15, 0.2) is 63.6 Å². The van der Waals surface area contributed by atoms with Crippen LogP contribution in [0, 0.1) is 5.82 Å². The standard InChI is InChI=1S/C18H18F2N4/c1-23-6-8-24(9-7-23)18-14-10-12(19)2-4-15(14)21-16-5-3-13(20)11-17(16)22-18/h2-5,10-11,15H,6-9H2,1H3. The fourth-order valence-corrected chi connectivity index (χ4v) is 3.17. The number of benzene rings is 1. The quantitative estimate of drug-likeness (QED) is 0.779. The third kappa shape index (κ3) is 2.78. The highest BCUT2D eigenvalue weighted by molar-refractivity contribution is 5.42. The van der Waals surface area contributed by atoms with Gasteiger partial charge < -0.3 is 9.80 Å². The molecule has 1 aliphatic carbocycles. The number of hydrogen-bond donors (Lipinski definition) is 0. The molecule has 1 aromatic rings. The lowest BCUT2D eigenvalue weighted by atomic mass is 10.0.